The van der Waals surface area contributed by atoms with Gasteiger partial charge < -0.3 is 19.3 Å². The van der Waals surface area contributed by atoms with E-state index in [9.17, 15) is 5.11 Å². The summed E-state index contributed by atoms with van der Waals surface area (Å²) in [6, 6.07) is 0. The zero-order valence-electron chi connectivity index (χ0n) is 7.27. The van der Waals surface area contributed by atoms with E-state index in [0.717, 1.165) is 6.42 Å². The zero-order chi connectivity index (χ0) is 8.72. The van der Waals surface area contributed by atoms with Gasteiger partial charge in [0.1, 0.15) is 18.3 Å². The summed E-state index contributed by atoms with van der Waals surface area (Å²) in [6.07, 6.45) is -0.122. The van der Waals surface area contributed by atoms with E-state index in [2.05, 4.69) is 0 Å². The summed E-state index contributed by atoms with van der Waals surface area (Å²) in [6.45, 7) is 2.04. The molecule has 2 aliphatic rings. The van der Waals surface area contributed by atoms with Gasteiger partial charge in [0.05, 0.1) is 6.10 Å². The van der Waals surface area contributed by atoms with Crippen molar-refractivity contribution in [3.8, 4) is 0 Å². The highest BCUT2D eigenvalue weighted by atomic mass is 16.7. The van der Waals surface area contributed by atoms with Crippen molar-refractivity contribution in [2.24, 2.45) is 0 Å². The lowest BCUT2D eigenvalue weighted by atomic mass is 10.0. The second kappa shape index (κ2) is 2.96. The fourth-order valence-corrected chi connectivity index (χ4v) is 1.72. The number of ether oxygens (including phenoxy) is 3. The molecule has 2 aliphatic heterocycles. The summed E-state index contributed by atoms with van der Waals surface area (Å²) in [5, 5.41) is 9.52. The van der Waals surface area contributed by atoms with Crippen molar-refractivity contribution >= 4 is 0 Å². The molecule has 0 saturated carbocycles. The molecule has 0 spiro atoms. The van der Waals surface area contributed by atoms with Crippen molar-refractivity contribution in [3.63, 3.8) is 0 Å². The molecular weight excluding hydrogens is 160 g/mol. The van der Waals surface area contributed by atoms with Gasteiger partial charge >= 0.3 is 0 Å². The minimum atomic E-state index is -0.622. The average Bonchev–Trinajstić information content (AvgIpc) is 2.85. The summed E-state index contributed by atoms with van der Waals surface area (Å²) < 4.78 is 15.7. The molecule has 70 valence electrons. The first-order valence-electron chi connectivity index (χ1n) is 4.29. The summed E-state index contributed by atoms with van der Waals surface area (Å²) >= 11 is 0. The van der Waals surface area contributed by atoms with Gasteiger partial charge in [-0.1, -0.05) is 6.92 Å². The van der Waals surface area contributed by atoms with E-state index in [1.54, 1.807) is 0 Å². The molecule has 0 aliphatic carbocycles. The van der Waals surface area contributed by atoms with Crippen LogP contribution in [-0.2, 0) is 14.2 Å². The first-order chi connectivity index (χ1) is 5.77. The topological polar surface area (TPSA) is 51.2 Å². The van der Waals surface area contributed by atoms with E-state index in [4.69, 9.17) is 14.2 Å². The fourth-order valence-electron chi connectivity index (χ4n) is 1.72. The standard InChI is InChI=1S/C8H14O4/c1-3-4-6-7(12-6)5(9)8(10-2)11-4/h4-9H,3H2,1-2H3/t4-,5?,6?,7?,8?/m1/s1. The number of epoxide rings is 1. The van der Waals surface area contributed by atoms with Gasteiger partial charge in [-0.2, -0.15) is 0 Å². The van der Waals surface area contributed by atoms with Gasteiger partial charge in [-0.25, -0.2) is 0 Å². The molecule has 2 rings (SSSR count). The molecule has 4 heteroatoms. The van der Waals surface area contributed by atoms with Gasteiger partial charge in [-0.15, -0.1) is 0 Å². The van der Waals surface area contributed by atoms with Crippen molar-refractivity contribution < 1.29 is 19.3 Å². The third-order valence-corrected chi connectivity index (χ3v) is 2.49. The Labute approximate surface area is 71.4 Å². The molecule has 0 aromatic carbocycles. The van der Waals surface area contributed by atoms with Crippen molar-refractivity contribution in [1.29, 1.82) is 0 Å². The van der Waals surface area contributed by atoms with Gasteiger partial charge in [0.25, 0.3) is 0 Å². The van der Waals surface area contributed by atoms with Gasteiger partial charge in [0, 0.05) is 7.11 Å². The third kappa shape index (κ3) is 1.15. The SMILES string of the molecule is CC[C@H]1OC(OC)C(O)C2OC21. The van der Waals surface area contributed by atoms with Crippen LogP contribution < -0.4 is 0 Å². The number of methoxy groups -OCH3 is 1. The molecular formula is C8H14O4. The lowest BCUT2D eigenvalue weighted by Gasteiger charge is -2.29. The Morgan fingerprint density at radius 3 is 2.67 bits per heavy atom. The van der Waals surface area contributed by atoms with Crippen LogP contribution in [0.25, 0.3) is 0 Å². The number of rotatable bonds is 2. The number of hydrogen-bond acceptors (Lipinski definition) is 4. The highest BCUT2D eigenvalue weighted by Crippen LogP contribution is 2.38. The van der Waals surface area contributed by atoms with Crippen LogP contribution in [-0.4, -0.2) is 42.9 Å². The minimum Gasteiger partial charge on any atom is -0.385 e. The molecule has 0 bridgehead atoms. The van der Waals surface area contributed by atoms with Gasteiger partial charge in [-0.05, 0) is 6.42 Å². The average molecular weight is 174 g/mol. The van der Waals surface area contributed by atoms with Crippen LogP contribution in [0.15, 0.2) is 0 Å². The molecule has 5 atom stereocenters. The Balaban J connectivity index is 2.01. The van der Waals surface area contributed by atoms with Crippen molar-refractivity contribution in [2.45, 2.75) is 44.1 Å². The molecule has 4 nitrogen and oxygen atoms in total. The maximum absolute atomic E-state index is 9.52. The van der Waals surface area contributed by atoms with E-state index < -0.39 is 12.4 Å². The van der Waals surface area contributed by atoms with E-state index in [1.165, 1.54) is 7.11 Å². The number of fused-ring (bicyclic) bond motifs is 1. The third-order valence-electron chi connectivity index (χ3n) is 2.49. The van der Waals surface area contributed by atoms with E-state index in [1.807, 2.05) is 6.92 Å². The Morgan fingerprint density at radius 1 is 1.33 bits per heavy atom. The van der Waals surface area contributed by atoms with Crippen LogP contribution in [0.2, 0.25) is 0 Å². The lowest BCUT2D eigenvalue weighted by molar-refractivity contribution is -0.218. The highest BCUT2D eigenvalue weighted by Gasteiger charge is 2.56. The molecule has 0 aromatic heterocycles. The Hall–Kier alpha value is -0.160. The monoisotopic (exact) mass is 174 g/mol. The largest absolute Gasteiger partial charge is 0.385 e. The Bertz CT molecular complexity index is 172. The zero-order valence-corrected chi connectivity index (χ0v) is 7.27. The minimum absolute atomic E-state index is 0.0614. The highest BCUT2D eigenvalue weighted by molar-refractivity contribution is 5.00. The maximum atomic E-state index is 9.52. The van der Waals surface area contributed by atoms with E-state index >= 15 is 0 Å². The number of aliphatic hydroxyl groups excluding tert-OH is 1. The smallest absolute Gasteiger partial charge is 0.186 e. The second-order valence-corrected chi connectivity index (χ2v) is 3.24. The van der Waals surface area contributed by atoms with Crippen LogP contribution in [0, 0.1) is 0 Å². The lowest BCUT2D eigenvalue weighted by Crippen LogP contribution is -2.45. The Kier molecular flexibility index (Phi) is 2.08. The molecule has 0 aromatic rings. The molecule has 4 unspecified atom stereocenters. The van der Waals surface area contributed by atoms with Gasteiger partial charge in [0.2, 0.25) is 0 Å². The summed E-state index contributed by atoms with van der Waals surface area (Å²) in [5.41, 5.74) is 0. The van der Waals surface area contributed by atoms with Gasteiger partial charge in [0.15, 0.2) is 6.29 Å². The molecule has 12 heavy (non-hydrogen) atoms. The first-order valence-corrected chi connectivity index (χ1v) is 4.29. The van der Waals surface area contributed by atoms with Gasteiger partial charge in [-0.3, -0.25) is 0 Å². The van der Waals surface area contributed by atoms with E-state index in [-0.39, 0.29) is 18.3 Å². The quantitative estimate of drug-likeness (QED) is 0.594. The summed E-state index contributed by atoms with van der Waals surface area (Å²) in [5.74, 6) is 0. The van der Waals surface area contributed by atoms with E-state index in [0.29, 0.717) is 0 Å². The molecule has 2 saturated heterocycles. The molecule has 1 N–H and O–H groups in total. The first kappa shape index (κ1) is 8.44. The predicted molar refractivity (Wildman–Crippen MR) is 40.6 cm³/mol. The maximum Gasteiger partial charge on any atom is 0.186 e. The number of hydrogen-bond donors (Lipinski definition) is 1. The molecule has 0 radical (unpaired) electrons. The molecule has 2 fully saturated rings. The van der Waals surface area contributed by atoms with Crippen LogP contribution in [0.1, 0.15) is 13.3 Å². The fraction of sp³-hybridized carbons (Fsp3) is 1.00. The van der Waals surface area contributed by atoms with Crippen LogP contribution in [0.5, 0.6) is 0 Å². The normalized spacial score (nSPS) is 51.8. The van der Waals surface area contributed by atoms with Crippen LogP contribution in [0.3, 0.4) is 0 Å². The Morgan fingerprint density at radius 2 is 2.08 bits per heavy atom. The van der Waals surface area contributed by atoms with Crippen molar-refractivity contribution in [2.75, 3.05) is 7.11 Å². The molecule has 2 heterocycles. The summed E-state index contributed by atoms with van der Waals surface area (Å²) in [4.78, 5) is 0. The van der Waals surface area contributed by atoms with Crippen LogP contribution in [0.4, 0.5) is 0 Å². The van der Waals surface area contributed by atoms with Crippen LogP contribution >= 0.6 is 0 Å². The van der Waals surface area contributed by atoms with Crippen molar-refractivity contribution in [1.82, 2.24) is 0 Å². The van der Waals surface area contributed by atoms with Crippen molar-refractivity contribution in [3.05, 3.63) is 0 Å². The summed E-state index contributed by atoms with van der Waals surface area (Å²) in [7, 11) is 1.53. The molecule has 0 amide bonds. The number of aliphatic hydroxyl groups is 1. The predicted octanol–water partition coefficient (Wildman–Crippen LogP) is -0.104. The second-order valence-electron chi connectivity index (χ2n) is 3.24.